The number of benzene rings is 2. The number of hydrogen-bond donors (Lipinski definition) is 2. The summed E-state index contributed by atoms with van der Waals surface area (Å²) in [5, 5.41) is 21.5. The quantitative estimate of drug-likeness (QED) is 0.353. The summed E-state index contributed by atoms with van der Waals surface area (Å²) >= 11 is 6.85. The molecule has 1 saturated carbocycles. The van der Waals surface area contributed by atoms with Crippen LogP contribution in [-0.2, 0) is 10.8 Å². The van der Waals surface area contributed by atoms with Crippen LogP contribution in [0.15, 0.2) is 43.2 Å². The van der Waals surface area contributed by atoms with Crippen LogP contribution in [0.3, 0.4) is 0 Å². The van der Waals surface area contributed by atoms with Crippen molar-refractivity contribution < 1.29 is 10.2 Å². The molecule has 0 unspecified atom stereocenters. The van der Waals surface area contributed by atoms with E-state index in [9.17, 15) is 10.2 Å². The molecule has 0 amide bonds. The molecule has 4 nitrogen and oxygen atoms in total. The summed E-state index contributed by atoms with van der Waals surface area (Å²) in [6.45, 7) is 12.9. The Kier molecular flexibility index (Phi) is 8.34. The minimum atomic E-state index is -0.175. The van der Waals surface area contributed by atoms with Crippen LogP contribution in [0.1, 0.15) is 89.5 Å². The highest BCUT2D eigenvalue weighted by Crippen LogP contribution is 2.37. The third-order valence-corrected chi connectivity index (χ3v) is 7.44. The lowest BCUT2D eigenvalue weighted by molar-refractivity contribution is 0.390. The Labute approximate surface area is 220 Å². The smallest absolute Gasteiger partial charge is 0.138 e. The van der Waals surface area contributed by atoms with Gasteiger partial charge in [0, 0.05) is 33.6 Å². The topological polar surface area (TPSA) is 65.2 Å². The molecule has 0 heterocycles. The number of aromatic hydroxyl groups is 2. The molecule has 1 fully saturated rings. The molecule has 0 saturated heterocycles. The predicted octanol–water partition coefficient (Wildman–Crippen LogP) is 8.07. The van der Waals surface area contributed by atoms with Gasteiger partial charge in [-0.2, -0.15) is 0 Å². The number of phenols is 2. The standard InChI is InChI=1S/C28H36Br2N2O2/c1-27(2,3)19-11-17(25(33)21(13-19)28(4,5)6)15-31-23-9-7-8-10-24(23)32-16-18-12-20(29)14-22(30)26(18)34/h11-16,23-24,33-34H,7-10H2,1-6H3/t23-,24-/m1/s1. The third kappa shape index (κ3) is 6.51. The monoisotopic (exact) mass is 590 g/mol. The summed E-state index contributed by atoms with van der Waals surface area (Å²) in [6.07, 6.45) is 7.72. The second kappa shape index (κ2) is 10.5. The number of phenolic OH excluding ortho intramolecular Hbond substituents is 2. The molecule has 0 aliphatic heterocycles. The molecule has 2 aromatic rings. The maximum absolute atomic E-state index is 11.1. The van der Waals surface area contributed by atoms with Gasteiger partial charge in [0.1, 0.15) is 11.5 Å². The van der Waals surface area contributed by atoms with Crippen LogP contribution >= 0.6 is 31.9 Å². The summed E-state index contributed by atoms with van der Waals surface area (Å²) in [5.41, 5.74) is 3.35. The van der Waals surface area contributed by atoms with Crippen LogP contribution in [0.5, 0.6) is 11.5 Å². The highest BCUT2D eigenvalue weighted by atomic mass is 79.9. The Morgan fingerprint density at radius 2 is 1.29 bits per heavy atom. The average molecular weight is 592 g/mol. The van der Waals surface area contributed by atoms with Gasteiger partial charge in [-0.3, -0.25) is 9.98 Å². The molecule has 0 bridgehead atoms. The molecular formula is C28H36Br2N2O2. The van der Waals surface area contributed by atoms with E-state index in [1.807, 2.05) is 18.3 Å². The average Bonchev–Trinajstić information content (AvgIpc) is 2.73. The van der Waals surface area contributed by atoms with E-state index < -0.39 is 0 Å². The second-order valence-corrected chi connectivity index (χ2v) is 13.0. The first-order chi connectivity index (χ1) is 15.8. The van der Waals surface area contributed by atoms with Gasteiger partial charge >= 0.3 is 0 Å². The first-order valence-corrected chi connectivity index (χ1v) is 13.5. The van der Waals surface area contributed by atoms with Crippen molar-refractivity contribution in [2.75, 3.05) is 0 Å². The predicted molar refractivity (Wildman–Crippen MR) is 150 cm³/mol. The first kappa shape index (κ1) is 26.9. The van der Waals surface area contributed by atoms with E-state index >= 15 is 0 Å². The normalized spacial score (nSPS) is 19.9. The Morgan fingerprint density at radius 1 is 0.765 bits per heavy atom. The molecule has 3 rings (SSSR count). The summed E-state index contributed by atoms with van der Waals surface area (Å²) in [7, 11) is 0. The SMILES string of the molecule is CC(C)(C)c1cc(C=N[C@@H]2CCCC[C@H]2N=Cc2cc(Br)cc(Br)c2O)c(O)c(C(C)(C)C)c1. The van der Waals surface area contributed by atoms with Crippen molar-refractivity contribution in [1.29, 1.82) is 0 Å². The van der Waals surface area contributed by atoms with Crippen LogP contribution in [-0.4, -0.2) is 34.7 Å². The van der Waals surface area contributed by atoms with E-state index in [-0.39, 0.29) is 28.7 Å². The lowest BCUT2D eigenvalue weighted by atomic mass is 9.79. The molecule has 0 radical (unpaired) electrons. The van der Waals surface area contributed by atoms with Crippen LogP contribution in [0.25, 0.3) is 0 Å². The largest absolute Gasteiger partial charge is 0.507 e. The molecular weight excluding hydrogens is 556 g/mol. The molecule has 1 aliphatic rings. The van der Waals surface area contributed by atoms with Crippen molar-refractivity contribution in [3.63, 3.8) is 0 Å². The minimum Gasteiger partial charge on any atom is -0.507 e. The van der Waals surface area contributed by atoms with Gasteiger partial charge in [-0.25, -0.2) is 0 Å². The summed E-state index contributed by atoms with van der Waals surface area (Å²) in [6, 6.07) is 7.93. The lowest BCUT2D eigenvalue weighted by Crippen LogP contribution is -2.27. The van der Waals surface area contributed by atoms with Gasteiger partial charge < -0.3 is 10.2 Å². The van der Waals surface area contributed by atoms with Crippen molar-refractivity contribution in [3.05, 3.63) is 55.5 Å². The van der Waals surface area contributed by atoms with Crippen LogP contribution in [0.4, 0.5) is 0 Å². The van der Waals surface area contributed by atoms with E-state index in [2.05, 4.69) is 85.5 Å². The van der Waals surface area contributed by atoms with Crippen LogP contribution in [0, 0.1) is 0 Å². The van der Waals surface area contributed by atoms with Gasteiger partial charge in [0.05, 0.1) is 16.6 Å². The Balaban J connectivity index is 1.93. The third-order valence-electron chi connectivity index (χ3n) is 6.38. The molecule has 1 aliphatic carbocycles. The number of rotatable bonds is 4. The van der Waals surface area contributed by atoms with Gasteiger partial charge in [-0.1, -0.05) is 76.4 Å². The van der Waals surface area contributed by atoms with Gasteiger partial charge in [0.25, 0.3) is 0 Å². The number of nitrogens with zero attached hydrogens (tertiary/aromatic N) is 2. The van der Waals surface area contributed by atoms with E-state index in [0.717, 1.165) is 41.3 Å². The Hall–Kier alpha value is -1.66. The fourth-order valence-corrected chi connectivity index (χ4v) is 5.49. The van der Waals surface area contributed by atoms with E-state index in [0.29, 0.717) is 15.8 Å². The highest BCUT2D eigenvalue weighted by Gasteiger charge is 2.26. The van der Waals surface area contributed by atoms with Crippen molar-refractivity contribution in [1.82, 2.24) is 0 Å². The van der Waals surface area contributed by atoms with E-state index in [4.69, 9.17) is 9.98 Å². The molecule has 0 spiro atoms. The number of halogens is 2. The van der Waals surface area contributed by atoms with Gasteiger partial charge in [0.15, 0.2) is 0 Å². The summed E-state index contributed by atoms with van der Waals surface area (Å²) in [4.78, 5) is 9.76. The van der Waals surface area contributed by atoms with Crippen LogP contribution < -0.4 is 0 Å². The second-order valence-electron chi connectivity index (χ2n) is 11.3. The van der Waals surface area contributed by atoms with Crippen molar-refractivity contribution in [2.45, 2.75) is 90.1 Å². The lowest BCUT2D eigenvalue weighted by Gasteiger charge is -2.27. The highest BCUT2D eigenvalue weighted by molar-refractivity contribution is 9.11. The van der Waals surface area contributed by atoms with Crippen molar-refractivity contribution >= 4 is 44.3 Å². The van der Waals surface area contributed by atoms with E-state index in [1.54, 1.807) is 6.21 Å². The molecule has 6 heteroatoms. The molecule has 184 valence electrons. The zero-order valence-corrected chi connectivity index (χ0v) is 24.2. The van der Waals surface area contributed by atoms with Crippen molar-refractivity contribution in [2.24, 2.45) is 9.98 Å². The number of aliphatic imine (C=N–C) groups is 2. The fourth-order valence-electron chi connectivity index (χ4n) is 4.24. The first-order valence-electron chi connectivity index (χ1n) is 11.9. The Bertz CT molecular complexity index is 1100. The molecule has 34 heavy (non-hydrogen) atoms. The number of hydrogen-bond acceptors (Lipinski definition) is 4. The maximum Gasteiger partial charge on any atom is 0.138 e. The fraction of sp³-hybridized carbons (Fsp3) is 0.500. The molecule has 0 aromatic heterocycles. The summed E-state index contributed by atoms with van der Waals surface area (Å²) < 4.78 is 1.51. The van der Waals surface area contributed by atoms with Gasteiger partial charge in [0.2, 0.25) is 0 Å². The van der Waals surface area contributed by atoms with Crippen LogP contribution in [0.2, 0.25) is 0 Å². The van der Waals surface area contributed by atoms with Crippen molar-refractivity contribution in [3.8, 4) is 11.5 Å². The van der Waals surface area contributed by atoms with E-state index in [1.165, 1.54) is 5.56 Å². The summed E-state index contributed by atoms with van der Waals surface area (Å²) in [5.74, 6) is 0.491. The zero-order chi connectivity index (χ0) is 25.3. The van der Waals surface area contributed by atoms with Gasteiger partial charge in [-0.05, 0) is 63.4 Å². The van der Waals surface area contributed by atoms with Gasteiger partial charge in [-0.15, -0.1) is 0 Å². The minimum absolute atomic E-state index is 0.0335. The molecule has 2 aromatic carbocycles. The molecule has 2 N–H and O–H groups in total. The zero-order valence-electron chi connectivity index (χ0n) is 21.0. The maximum atomic E-state index is 11.1. The molecule has 2 atom stereocenters. The Morgan fingerprint density at radius 3 is 1.79 bits per heavy atom.